The molecule has 1 unspecified atom stereocenters. The fourth-order valence-electron chi connectivity index (χ4n) is 2.18. The van der Waals surface area contributed by atoms with Gasteiger partial charge in [0.1, 0.15) is 0 Å². The van der Waals surface area contributed by atoms with Gasteiger partial charge < -0.3 is 11.1 Å². The van der Waals surface area contributed by atoms with E-state index in [0.717, 1.165) is 12.2 Å². The van der Waals surface area contributed by atoms with Gasteiger partial charge in [0.15, 0.2) is 0 Å². The quantitative estimate of drug-likeness (QED) is 0.723. The largest absolute Gasteiger partial charge is 0.397 e. The normalized spacial score (nSPS) is 19.8. The van der Waals surface area contributed by atoms with Gasteiger partial charge in [-0.3, -0.25) is 0 Å². The van der Waals surface area contributed by atoms with Crippen molar-refractivity contribution in [3.8, 4) is 0 Å². The molecule has 0 amide bonds. The molecule has 112 valence electrons. The van der Waals surface area contributed by atoms with E-state index in [2.05, 4.69) is 10.0 Å². The van der Waals surface area contributed by atoms with E-state index in [1.54, 1.807) is 12.1 Å². The monoisotopic (exact) mass is 315 g/mol. The maximum atomic E-state index is 11.7. The molecule has 1 fully saturated rings. The van der Waals surface area contributed by atoms with E-state index in [0.29, 0.717) is 10.9 Å². The second kappa shape index (κ2) is 6.69. The molecule has 0 radical (unpaired) electrons. The highest BCUT2D eigenvalue weighted by atomic mass is 32.2. The average molecular weight is 315 g/mol. The third kappa shape index (κ3) is 3.80. The Morgan fingerprint density at radius 2 is 2.20 bits per heavy atom. The number of hydrogen-bond donors (Lipinski definition) is 3. The summed E-state index contributed by atoms with van der Waals surface area (Å²) in [6, 6.07) is 4.79. The van der Waals surface area contributed by atoms with Crippen LogP contribution in [-0.4, -0.2) is 33.0 Å². The Kier molecular flexibility index (Phi) is 5.17. The van der Waals surface area contributed by atoms with Gasteiger partial charge in [-0.05, 0) is 43.8 Å². The first-order valence-corrected chi connectivity index (χ1v) is 9.24. The highest BCUT2D eigenvalue weighted by Crippen LogP contribution is 2.27. The Hall–Kier alpha value is -0.920. The number of nitrogen functional groups attached to an aromatic ring is 1. The van der Waals surface area contributed by atoms with Crippen molar-refractivity contribution in [1.82, 2.24) is 4.72 Å². The topological polar surface area (TPSA) is 84.2 Å². The van der Waals surface area contributed by atoms with Crippen LogP contribution in [0, 0.1) is 0 Å². The fraction of sp³-hybridized carbons (Fsp3) is 0.538. The van der Waals surface area contributed by atoms with Crippen molar-refractivity contribution in [2.24, 2.45) is 0 Å². The second-order valence-electron chi connectivity index (χ2n) is 4.83. The summed E-state index contributed by atoms with van der Waals surface area (Å²) in [7, 11) is -2.05. The van der Waals surface area contributed by atoms with Gasteiger partial charge in [0, 0.05) is 11.8 Å². The molecular formula is C13H21N3O2S2. The number of thioether (sulfide) groups is 1. The summed E-state index contributed by atoms with van der Waals surface area (Å²) >= 11 is 1.99. The lowest BCUT2D eigenvalue weighted by Crippen LogP contribution is -2.21. The van der Waals surface area contributed by atoms with Crippen LogP contribution in [0.2, 0.25) is 0 Å². The van der Waals surface area contributed by atoms with Crippen LogP contribution in [-0.2, 0) is 10.0 Å². The van der Waals surface area contributed by atoms with Gasteiger partial charge in [-0.25, -0.2) is 13.1 Å². The van der Waals surface area contributed by atoms with Gasteiger partial charge in [-0.15, -0.1) is 0 Å². The summed E-state index contributed by atoms with van der Waals surface area (Å²) in [4.78, 5) is 0.190. The number of anilines is 2. The average Bonchev–Trinajstić information content (AvgIpc) is 2.47. The van der Waals surface area contributed by atoms with E-state index in [1.807, 2.05) is 11.8 Å². The number of benzene rings is 1. The van der Waals surface area contributed by atoms with E-state index < -0.39 is 10.0 Å². The van der Waals surface area contributed by atoms with E-state index >= 15 is 0 Å². The first kappa shape index (κ1) is 15.5. The van der Waals surface area contributed by atoms with Crippen LogP contribution in [0.25, 0.3) is 0 Å². The fourth-order valence-corrected chi connectivity index (χ4v) is 4.18. The summed E-state index contributed by atoms with van der Waals surface area (Å²) in [6.45, 7) is 0.868. The molecule has 4 N–H and O–H groups in total. The standard InChI is InChI=1S/C13H21N3O2S2/c1-15-20(17,18)11-5-6-13(12(14)8-11)16-9-10-4-2-3-7-19-10/h5-6,8,10,15-16H,2-4,7,9,14H2,1H3. The van der Waals surface area contributed by atoms with Crippen LogP contribution in [0.5, 0.6) is 0 Å². The Morgan fingerprint density at radius 1 is 1.40 bits per heavy atom. The molecular weight excluding hydrogens is 294 g/mol. The van der Waals surface area contributed by atoms with Crippen LogP contribution in [0.3, 0.4) is 0 Å². The van der Waals surface area contributed by atoms with Crippen molar-refractivity contribution in [1.29, 1.82) is 0 Å². The summed E-state index contributed by atoms with van der Waals surface area (Å²) in [6.07, 6.45) is 3.82. The minimum absolute atomic E-state index is 0.190. The Labute approximate surface area is 124 Å². The second-order valence-corrected chi connectivity index (χ2v) is 8.12. The molecule has 20 heavy (non-hydrogen) atoms. The van der Waals surface area contributed by atoms with Gasteiger partial charge >= 0.3 is 0 Å². The molecule has 7 heteroatoms. The van der Waals surface area contributed by atoms with Crippen molar-refractivity contribution in [2.45, 2.75) is 29.4 Å². The highest BCUT2D eigenvalue weighted by molar-refractivity contribution is 7.99. The maximum absolute atomic E-state index is 11.7. The van der Waals surface area contributed by atoms with Crippen molar-refractivity contribution >= 4 is 33.2 Å². The molecule has 1 aromatic carbocycles. The van der Waals surface area contributed by atoms with Crippen molar-refractivity contribution in [3.63, 3.8) is 0 Å². The third-order valence-corrected chi connectivity index (χ3v) is 6.21. The SMILES string of the molecule is CNS(=O)(=O)c1ccc(NCC2CCCCS2)c(N)c1. The molecule has 1 saturated heterocycles. The van der Waals surface area contributed by atoms with Crippen LogP contribution < -0.4 is 15.8 Å². The first-order chi connectivity index (χ1) is 9.53. The number of nitrogens with two attached hydrogens (primary N) is 1. The highest BCUT2D eigenvalue weighted by Gasteiger charge is 2.15. The molecule has 0 aromatic heterocycles. The van der Waals surface area contributed by atoms with Crippen LogP contribution in [0.1, 0.15) is 19.3 Å². The summed E-state index contributed by atoms with van der Waals surface area (Å²) in [5.74, 6) is 1.22. The van der Waals surface area contributed by atoms with Crippen LogP contribution in [0.4, 0.5) is 11.4 Å². The van der Waals surface area contributed by atoms with Crippen LogP contribution in [0.15, 0.2) is 23.1 Å². The molecule has 1 atom stereocenters. The molecule has 1 aliphatic heterocycles. The van der Waals surface area contributed by atoms with E-state index in [4.69, 9.17) is 5.73 Å². The molecule has 0 spiro atoms. The van der Waals surface area contributed by atoms with Gasteiger partial charge in [0.05, 0.1) is 16.3 Å². The lowest BCUT2D eigenvalue weighted by molar-refractivity contribution is 0.588. The predicted octanol–water partition coefficient (Wildman–Crippen LogP) is 1.87. The Bertz CT molecular complexity index is 555. The summed E-state index contributed by atoms with van der Waals surface area (Å²) in [5.41, 5.74) is 7.18. The molecule has 2 rings (SSSR count). The number of sulfonamides is 1. The Balaban J connectivity index is 2.02. The maximum Gasteiger partial charge on any atom is 0.240 e. The van der Waals surface area contributed by atoms with E-state index in [9.17, 15) is 8.42 Å². The molecule has 0 saturated carbocycles. The number of hydrogen-bond acceptors (Lipinski definition) is 5. The molecule has 0 aliphatic carbocycles. The van der Waals surface area contributed by atoms with Crippen molar-refractivity contribution in [3.05, 3.63) is 18.2 Å². The van der Waals surface area contributed by atoms with Gasteiger partial charge in [0.25, 0.3) is 0 Å². The number of rotatable bonds is 5. The van der Waals surface area contributed by atoms with Gasteiger partial charge in [-0.1, -0.05) is 6.42 Å². The van der Waals surface area contributed by atoms with E-state index in [1.165, 1.54) is 38.1 Å². The van der Waals surface area contributed by atoms with Crippen molar-refractivity contribution in [2.75, 3.05) is 30.4 Å². The smallest absolute Gasteiger partial charge is 0.240 e. The molecule has 0 bridgehead atoms. The lowest BCUT2D eigenvalue weighted by Gasteiger charge is -2.22. The minimum atomic E-state index is -3.43. The Morgan fingerprint density at radius 3 is 2.80 bits per heavy atom. The molecule has 1 aliphatic rings. The third-order valence-electron chi connectivity index (χ3n) is 3.40. The number of nitrogens with one attached hydrogen (secondary N) is 2. The molecule has 5 nitrogen and oxygen atoms in total. The minimum Gasteiger partial charge on any atom is -0.397 e. The summed E-state index contributed by atoms with van der Waals surface area (Å²) in [5, 5.41) is 3.93. The van der Waals surface area contributed by atoms with Crippen molar-refractivity contribution < 1.29 is 8.42 Å². The zero-order chi connectivity index (χ0) is 14.6. The molecule has 1 aromatic rings. The zero-order valence-corrected chi connectivity index (χ0v) is 13.2. The van der Waals surface area contributed by atoms with Crippen LogP contribution >= 0.6 is 11.8 Å². The van der Waals surface area contributed by atoms with E-state index in [-0.39, 0.29) is 4.90 Å². The van der Waals surface area contributed by atoms with Gasteiger partial charge in [0.2, 0.25) is 10.0 Å². The van der Waals surface area contributed by atoms with Gasteiger partial charge in [-0.2, -0.15) is 11.8 Å². The molecule has 1 heterocycles. The predicted molar refractivity (Wildman–Crippen MR) is 85.7 cm³/mol. The first-order valence-electron chi connectivity index (χ1n) is 6.71. The summed E-state index contributed by atoms with van der Waals surface area (Å²) < 4.78 is 25.6. The lowest BCUT2D eigenvalue weighted by atomic mass is 10.2. The zero-order valence-electron chi connectivity index (χ0n) is 11.6.